The molecule has 1 aromatic rings. The Morgan fingerprint density at radius 1 is 1.38 bits per heavy atom. The number of methoxy groups -OCH3 is 2. The second-order valence-corrected chi connectivity index (χ2v) is 5.77. The summed E-state index contributed by atoms with van der Waals surface area (Å²) in [6, 6.07) is 4.15. The fourth-order valence-corrected chi connectivity index (χ4v) is 3.02. The zero-order valence-electron chi connectivity index (χ0n) is 13.1. The van der Waals surface area contributed by atoms with Crippen LogP contribution in [0.15, 0.2) is 17.1 Å². The summed E-state index contributed by atoms with van der Waals surface area (Å²) in [7, 11) is 5.41. The molecule has 0 amide bonds. The van der Waals surface area contributed by atoms with Crippen LogP contribution in [0, 0.1) is 0 Å². The largest absolute Gasteiger partial charge is 0.496 e. The SMILES string of the molecule is COc1ccc(Cl)c(OC)c1/C(C)=N/CC1CCCN1C. The zero-order chi connectivity index (χ0) is 15.4. The molecule has 0 aromatic heterocycles. The van der Waals surface area contributed by atoms with Crippen molar-refractivity contribution in [2.75, 3.05) is 34.4 Å². The van der Waals surface area contributed by atoms with Gasteiger partial charge in [-0.25, -0.2) is 0 Å². The number of rotatable bonds is 5. The van der Waals surface area contributed by atoms with Gasteiger partial charge in [-0.05, 0) is 45.5 Å². The predicted molar refractivity (Wildman–Crippen MR) is 87.3 cm³/mol. The third-order valence-electron chi connectivity index (χ3n) is 4.07. The third-order valence-corrected chi connectivity index (χ3v) is 4.37. The molecule has 1 aliphatic heterocycles. The first-order chi connectivity index (χ1) is 10.1. The number of benzene rings is 1. The summed E-state index contributed by atoms with van der Waals surface area (Å²) in [5.74, 6) is 1.36. The van der Waals surface area contributed by atoms with Gasteiger partial charge in [-0.3, -0.25) is 4.99 Å². The van der Waals surface area contributed by atoms with Crippen LogP contribution in [-0.4, -0.2) is 51.0 Å². The Balaban J connectivity index is 2.28. The van der Waals surface area contributed by atoms with E-state index in [-0.39, 0.29) is 0 Å². The molecule has 1 aliphatic rings. The number of nitrogens with zero attached hydrogens (tertiary/aromatic N) is 2. The van der Waals surface area contributed by atoms with Crippen molar-refractivity contribution in [3.05, 3.63) is 22.7 Å². The second kappa shape index (κ2) is 7.14. The summed E-state index contributed by atoms with van der Waals surface area (Å²) < 4.78 is 10.9. The first kappa shape index (κ1) is 16.1. The highest BCUT2D eigenvalue weighted by Crippen LogP contribution is 2.35. The minimum Gasteiger partial charge on any atom is -0.496 e. The molecule has 0 aliphatic carbocycles. The molecule has 1 heterocycles. The normalized spacial score (nSPS) is 19.9. The zero-order valence-corrected chi connectivity index (χ0v) is 13.9. The molecule has 1 atom stereocenters. The van der Waals surface area contributed by atoms with Crippen molar-refractivity contribution in [3.8, 4) is 11.5 Å². The van der Waals surface area contributed by atoms with Gasteiger partial charge in [0.2, 0.25) is 0 Å². The highest BCUT2D eigenvalue weighted by Gasteiger charge is 2.21. The molecule has 4 nitrogen and oxygen atoms in total. The molecule has 0 bridgehead atoms. The van der Waals surface area contributed by atoms with E-state index in [1.807, 2.05) is 13.0 Å². The van der Waals surface area contributed by atoms with Crippen LogP contribution in [0.3, 0.4) is 0 Å². The van der Waals surface area contributed by atoms with E-state index in [9.17, 15) is 0 Å². The Bertz CT molecular complexity index is 531. The van der Waals surface area contributed by atoms with Crippen LogP contribution in [0.5, 0.6) is 11.5 Å². The van der Waals surface area contributed by atoms with Crippen molar-refractivity contribution in [2.45, 2.75) is 25.8 Å². The number of hydrogen-bond acceptors (Lipinski definition) is 4. The lowest BCUT2D eigenvalue weighted by Gasteiger charge is -2.18. The van der Waals surface area contributed by atoms with E-state index in [1.54, 1.807) is 20.3 Å². The van der Waals surface area contributed by atoms with Crippen LogP contribution >= 0.6 is 11.6 Å². The van der Waals surface area contributed by atoms with Crippen LogP contribution in [-0.2, 0) is 0 Å². The van der Waals surface area contributed by atoms with Gasteiger partial charge in [0.1, 0.15) is 11.5 Å². The second-order valence-electron chi connectivity index (χ2n) is 5.36. The van der Waals surface area contributed by atoms with Gasteiger partial charge in [0, 0.05) is 11.8 Å². The van der Waals surface area contributed by atoms with Crippen molar-refractivity contribution < 1.29 is 9.47 Å². The van der Waals surface area contributed by atoms with E-state index in [0.29, 0.717) is 16.8 Å². The number of aliphatic imine (C=N–C) groups is 1. The average molecular weight is 311 g/mol. The number of likely N-dealkylation sites (N-methyl/N-ethyl adjacent to an activating group) is 1. The number of hydrogen-bond donors (Lipinski definition) is 0. The average Bonchev–Trinajstić information content (AvgIpc) is 2.89. The van der Waals surface area contributed by atoms with Gasteiger partial charge in [0.15, 0.2) is 0 Å². The van der Waals surface area contributed by atoms with E-state index in [1.165, 1.54) is 12.8 Å². The van der Waals surface area contributed by atoms with Gasteiger partial charge in [-0.2, -0.15) is 0 Å². The Hall–Kier alpha value is -1.26. The Kier molecular flexibility index (Phi) is 5.48. The molecule has 0 spiro atoms. The van der Waals surface area contributed by atoms with Crippen LogP contribution in [0.4, 0.5) is 0 Å². The minimum absolute atomic E-state index is 0.524. The molecule has 1 saturated heterocycles. The van der Waals surface area contributed by atoms with Crippen molar-refractivity contribution in [3.63, 3.8) is 0 Å². The van der Waals surface area contributed by atoms with Crippen LogP contribution in [0.2, 0.25) is 5.02 Å². The van der Waals surface area contributed by atoms with E-state index in [2.05, 4.69) is 11.9 Å². The van der Waals surface area contributed by atoms with Crippen molar-refractivity contribution in [1.82, 2.24) is 4.90 Å². The summed E-state index contributed by atoms with van der Waals surface area (Å²) in [5, 5.41) is 0.570. The molecule has 0 radical (unpaired) electrons. The van der Waals surface area contributed by atoms with Gasteiger partial charge in [-0.15, -0.1) is 0 Å². The maximum absolute atomic E-state index is 6.21. The molecule has 116 valence electrons. The molecular weight excluding hydrogens is 288 g/mol. The summed E-state index contributed by atoms with van der Waals surface area (Å²) in [6.07, 6.45) is 2.45. The molecule has 1 fully saturated rings. The van der Waals surface area contributed by atoms with Crippen LogP contribution in [0.25, 0.3) is 0 Å². The summed E-state index contributed by atoms with van der Waals surface area (Å²) >= 11 is 6.21. The van der Waals surface area contributed by atoms with Crippen LogP contribution in [0.1, 0.15) is 25.3 Å². The highest BCUT2D eigenvalue weighted by atomic mass is 35.5. The molecule has 5 heteroatoms. The van der Waals surface area contributed by atoms with Gasteiger partial charge in [-0.1, -0.05) is 11.6 Å². The van der Waals surface area contributed by atoms with E-state index in [4.69, 9.17) is 26.1 Å². The lowest BCUT2D eigenvalue weighted by atomic mass is 10.1. The fraction of sp³-hybridized carbons (Fsp3) is 0.562. The fourth-order valence-electron chi connectivity index (χ4n) is 2.78. The smallest absolute Gasteiger partial charge is 0.150 e. The molecule has 0 saturated carbocycles. The predicted octanol–water partition coefficient (Wildman–Crippen LogP) is 3.26. The standard InChI is InChI=1S/C16H23ClN2O2/c1-11(18-10-12-6-5-9-19(12)2)15-14(20-3)8-7-13(17)16(15)21-4/h7-8,12H,5-6,9-10H2,1-4H3/b18-11+. The van der Waals surface area contributed by atoms with E-state index in [0.717, 1.165) is 30.1 Å². The molecule has 1 aromatic carbocycles. The Morgan fingerprint density at radius 2 is 2.14 bits per heavy atom. The molecule has 1 unspecified atom stereocenters. The number of ether oxygens (including phenoxy) is 2. The monoisotopic (exact) mass is 310 g/mol. The quantitative estimate of drug-likeness (QED) is 0.783. The molecule has 21 heavy (non-hydrogen) atoms. The maximum atomic E-state index is 6.21. The van der Waals surface area contributed by atoms with E-state index < -0.39 is 0 Å². The number of likely N-dealkylation sites (tertiary alicyclic amines) is 1. The Labute approximate surface area is 131 Å². The van der Waals surface area contributed by atoms with Crippen molar-refractivity contribution in [2.24, 2.45) is 4.99 Å². The Morgan fingerprint density at radius 3 is 2.71 bits per heavy atom. The third kappa shape index (κ3) is 3.50. The minimum atomic E-state index is 0.524. The molecule has 0 N–H and O–H groups in total. The van der Waals surface area contributed by atoms with Gasteiger partial charge >= 0.3 is 0 Å². The summed E-state index contributed by atoms with van der Waals surface area (Å²) in [4.78, 5) is 7.11. The van der Waals surface area contributed by atoms with Crippen LogP contribution < -0.4 is 9.47 Å². The van der Waals surface area contributed by atoms with Crippen molar-refractivity contribution >= 4 is 17.3 Å². The topological polar surface area (TPSA) is 34.1 Å². The summed E-state index contributed by atoms with van der Waals surface area (Å²) in [6.45, 7) is 3.93. The maximum Gasteiger partial charge on any atom is 0.150 e. The first-order valence-electron chi connectivity index (χ1n) is 7.20. The molecule has 2 rings (SSSR count). The molecular formula is C16H23ClN2O2. The van der Waals surface area contributed by atoms with E-state index >= 15 is 0 Å². The lowest BCUT2D eigenvalue weighted by molar-refractivity contribution is 0.317. The lowest BCUT2D eigenvalue weighted by Crippen LogP contribution is -2.27. The summed E-state index contributed by atoms with van der Waals surface area (Å²) in [5.41, 5.74) is 1.74. The number of halogens is 1. The van der Waals surface area contributed by atoms with Gasteiger partial charge in [0.25, 0.3) is 0 Å². The first-order valence-corrected chi connectivity index (χ1v) is 7.58. The highest BCUT2D eigenvalue weighted by molar-refractivity contribution is 6.33. The van der Waals surface area contributed by atoms with Gasteiger partial charge in [0.05, 0.1) is 31.4 Å². The van der Waals surface area contributed by atoms with Gasteiger partial charge < -0.3 is 14.4 Å². The van der Waals surface area contributed by atoms with Crippen molar-refractivity contribution in [1.29, 1.82) is 0 Å².